The van der Waals surface area contributed by atoms with Crippen molar-refractivity contribution in [3.05, 3.63) is 108 Å². The van der Waals surface area contributed by atoms with Crippen molar-refractivity contribution < 1.29 is 22.0 Å². The molecule has 0 saturated carbocycles. The first-order valence-electron chi connectivity index (χ1n) is 12.1. The van der Waals surface area contributed by atoms with Crippen molar-refractivity contribution in [1.29, 1.82) is 0 Å². The van der Waals surface area contributed by atoms with Gasteiger partial charge in [-0.05, 0) is 72.5 Å². The quantitative estimate of drug-likeness (QED) is 0.237. The maximum atomic E-state index is 14.4. The summed E-state index contributed by atoms with van der Waals surface area (Å²) in [4.78, 5) is 9.02. The highest BCUT2D eigenvalue weighted by Crippen LogP contribution is 2.46. The van der Waals surface area contributed by atoms with E-state index in [0.717, 1.165) is 27.8 Å². The number of aromatic nitrogens is 2. The van der Waals surface area contributed by atoms with Crippen LogP contribution in [0.1, 0.15) is 29.5 Å². The van der Waals surface area contributed by atoms with Gasteiger partial charge in [-0.15, -0.1) is 0 Å². The molecule has 38 heavy (non-hydrogen) atoms. The zero-order chi connectivity index (χ0) is 26.7. The summed E-state index contributed by atoms with van der Waals surface area (Å²) in [7, 11) is 0. The normalized spacial score (nSPS) is 13.7. The number of alkyl halides is 3. The second-order valence-electron chi connectivity index (χ2n) is 9.68. The summed E-state index contributed by atoms with van der Waals surface area (Å²) in [6.45, 7) is 4.87. The number of oxazole rings is 2. The van der Waals surface area contributed by atoms with Crippen LogP contribution in [-0.4, -0.2) is 16.1 Å². The van der Waals surface area contributed by atoms with Crippen LogP contribution < -0.4 is 0 Å². The minimum atomic E-state index is -4.48. The van der Waals surface area contributed by atoms with Crippen LogP contribution in [0.2, 0.25) is 0 Å². The van der Waals surface area contributed by atoms with Crippen LogP contribution in [0.3, 0.4) is 0 Å². The minimum Gasteiger partial charge on any atom is -0.441 e. The fraction of sp³-hybridized carbons (Fsp3) is 0.161. The number of rotatable bonds is 4. The Hall–Kier alpha value is -4.39. The summed E-state index contributed by atoms with van der Waals surface area (Å²) in [6, 6.07) is 24.2. The van der Waals surface area contributed by atoms with E-state index in [1.54, 1.807) is 31.2 Å². The Balaban J connectivity index is 1.34. The van der Waals surface area contributed by atoms with Gasteiger partial charge < -0.3 is 8.83 Å². The highest BCUT2D eigenvalue weighted by Gasteiger charge is 2.53. The molecule has 0 amide bonds. The maximum Gasteiger partial charge on any atom is 0.402 e. The van der Waals surface area contributed by atoms with Crippen molar-refractivity contribution in [2.75, 3.05) is 0 Å². The molecule has 1 unspecified atom stereocenters. The van der Waals surface area contributed by atoms with Crippen molar-refractivity contribution in [1.82, 2.24) is 9.97 Å². The van der Waals surface area contributed by atoms with Gasteiger partial charge >= 0.3 is 6.18 Å². The monoisotopic (exact) mass is 512 g/mol. The summed E-state index contributed by atoms with van der Waals surface area (Å²) < 4.78 is 54.6. The molecule has 2 aromatic heterocycles. The van der Waals surface area contributed by atoms with Gasteiger partial charge in [0.1, 0.15) is 16.4 Å². The fourth-order valence-corrected chi connectivity index (χ4v) is 4.78. The van der Waals surface area contributed by atoms with Crippen molar-refractivity contribution in [3.63, 3.8) is 0 Å². The Morgan fingerprint density at radius 2 is 1.11 bits per heavy atom. The van der Waals surface area contributed by atoms with E-state index in [4.69, 9.17) is 8.83 Å². The smallest absolute Gasteiger partial charge is 0.402 e. The van der Waals surface area contributed by atoms with Crippen LogP contribution in [0.25, 0.3) is 44.8 Å². The van der Waals surface area contributed by atoms with E-state index in [1.165, 1.54) is 31.2 Å². The average Bonchev–Trinajstić information content (AvgIpc) is 3.49. The van der Waals surface area contributed by atoms with Gasteiger partial charge in [-0.25, -0.2) is 9.97 Å². The maximum absolute atomic E-state index is 14.4. The predicted octanol–water partition coefficient (Wildman–Crippen LogP) is 8.79. The molecular formula is C31H23F3N2O2. The van der Waals surface area contributed by atoms with Gasteiger partial charge in [-0.2, -0.15) is 13.2 Å². The lowest BCUT2D eigenvalue weighted by Gasteiger charge is -2.33. The standard InChI is InChI=1S/C31H23F3N2O2/c1-18-4-10-23(11-5-18)30(3,31(32,33)34)24-12-6-20(7-13-24)29-36-26-17-22(9-15-28(26)38-29)21-8-14-27-25(16-21)35-19(2)37-27/h4-17H,1-3H3. The highest BCUT2D eigenvalue weighted by atomic mass is 19.4. The first-order chi connectivity index (χ1) is 18.1. The van der Waals surface area contributed by atoms with Crippen LogP contribution in [0, 0.1) is 13.8 Å². The molecular weight excluding hydrogens is 489 g/mol. The summed E-state index contributed by atoms with van der Waals surface area (Å²) in [5.41, 5.74) is 4.33. The molecule has 6 rings (SSSR count). The average molecular weight is 513 g/mol. The Bertz CT molecular complexity index is 1780. The number of hydrogen-bond acceptors (Lipinski definition) is 4. The van der Waals surface area contributed by atoms with E-state index in [0.29, 0.717) is 28.4 Å². The predicted molar refractivity (Wildman–Crippen MR) is 141 cm³/mol. The minimum absolute atomic E-state index is 0.148. The van der Waals surface area contributed by atoms with Gasteiger partial charge in [0.15, 0.2) is 17.1 Å². The second kappa shape index (κ2) is 8.58. The Morgan fingerprint density at radius 3 is 1.68 bits per heavy atom. The van der Waals surface area contributed by atoms with E-state index < -0.39 is 11.6 Å². The van der Waals surface area contributed by atoms with Crippen LogP contribution in [0.4, 0.5) is 13.2 Å². The lowest BCUT2D eigenvalue weighted by molar-refractivity contribution is -0.173. The largest absolute Gasteiger partial charge is 0.441 e. The number of benzene rings is 4. The molecule has 4 aromatic carbocycles. The summed E-state index contributed by atoms with van der Waals surface area (Å²) >= 11 is 0. The first kappa shape index (κ1) is 24.0. The molecule has 1 atom stereocenters. The molecule has 6 aromatic rings. The van der Waals surface area contributed by atoms with Crippen molar-refractivity contribution in [2.45, 2.75) is 32.4 Å². The van der Waals surface area contributed by atoms with Gasteiger partial charge in [-0.3, -0.25) is 0 Å². The molecule has 0 aliphatic rings. The molecule has 0 fully saturated rings. The second-order valence-corrected chi connectivity index (χ2v) is 9.68. The van der Waals surface area contributed by atoms with E-state index >= 15 is 0 Å². The van der Waals surface area contributed by atoms with Crippen molar-refractivity contribution in [2.24, 2.45) is 0 Å². The Kier molecular flexibility index (Phi) is 5.42. The molecule has 2 heterocycles. The molecule has 0 aliphatic carbocycles. The molecule has 0 aliphatic heterocycles. The Morgan fingerprint density at radius 1 is 0.605 bits per heavy atom. The lowest BCUT2D eigenvalue weighted by Crippen LogP contribution is -2.40. The van der Waals surface area contributed by atoms with Gasteiger partial charge in [0.25, 0.3) is 0 Å². The van der Waals surface area contributed by atoms with Gasteiger partial charge in [0.05, 0.1) is 0 Å². The third-order valence-electron chi connectivity index (χ3n) is 7.12. The molecule has 0 bridgehead atoms. The number of hydrogen-bond donors (Lipinski definition) is 0. The third kappa shape index (κ3) is 3.95. The number of nitrogens with zero attached hydrogens (tertiary/aromatic N) is 2. The number of fused-ring (bicyclic) bond motifs is 2. The zero-order valence-corrected chi connectivity index (χ0v) is 20.9. The third-order valence-corrected chi connectivity index (χ3v) is 7.12. The van der Waals surface area contributed by atoms with E-state index in [-0.39, 0.29) is 11.1 Å². The lowest BCUT2D eigenvalue weighted by atomic mass is 9.75. The summed E-state index contributed by atoms with van der Waals surface area (Å²) in [5.74, 6) is 0.949. The zero-order valence-electron chi connectivity index (χ0n) is 20.9. The topological polar surface area (TPSA) is 52.1 Å². The molecule has 4 nitrogen and oxygen atoms in total. The highest BCUT2D eigenvalue weighted by molar-refractivity contribution is 5.85. The van der Waals surface area contributed by atoms with E-state index in [9.17, 15) is 13.2 Å². The molecule has 0 N–H and O–H groups in total. The van der Waals surface area contributed by atoms with Crippen LogP contribution in [0.5, 0.6) is 0 Å². The van der Waals surface area contributed by atoms with Gasteiger partial charge in [0.2, 0.25) is 5.89 Å². The number of halogens is 3. The number of aryl methyl sites for hydroxylation is 2. The fourth-order valence-electron chi connectivity index (χ4n) is 4.78. The molecule has 0 radical (unpaired) electrons. The molecule has 0 spiro atoms. The van der Waals surface area contributed by atoms with Crippen molar-refractivity contribution >= 4 is 22.2 Å². The van der Waals surface area contributed by atoms with Gasteiger partial charge in [0, 0.05) is 12.5 Å². The van der Waals surface area contributed by atoms with Crippen LogP contribution in [0.15, 0.2) is 93.8 Å². The first-order valence-corrected chi connectivity index (χ1v) is 12.1. The van der Waals surface area contributed by atoms with Crippen LogP contribution in [-0.2, 0) is 5.41 Å². The summed E-state index contributed by atoms with van der Waals surface area (Å²) in [6.07, 6.45) is -4.48. The Labute approximate surface area is 216 Å². The molecule has 0 saturated heterocycles. The summed E-state index contributed by atoms with van der Waals surface area (Å²) in [5, 5.41) is 0. The van der Waals surface area contributed by atoms with E-state index in [2.05, 4.69) is 9.97 Å². The SMILES string of the molecule is Cc1ccc(C(C)(c2ccc(-c3nc4cc(-c5ccc6oc(C)nc6c5)ccc4o3)cc2)C(F)(F)F)cc1. The molecule has 190 valence electrons. The van der Waals surface area contributed by atoms with Gasteiger partial charge in [-0.1, -0.05) is 54.1 Å². The molecule has 7 heteroatoms. The van der Waals surface area contributed by atoms with E-state index in [1.807, 2.05) is 43.3 Å². The van der Waals surface area contributed by atoms with Crippen molar-refractivity contribution in [3.8, 4) is 22.6 Å². The van der Waals surface area contributed by atoms with Crippen LogP contribution >= 0.6 is 0 Å².